The van der Waals surface area contributed by atoms with Crippen LogP contribution in [-0.2, 0) is 11.2 Å². The maximum Gasteiger partial charge on any atom is 0.230 e. The Bertz CT molecular complexity index is 1600. The van der Waals surface area contributed by atoms with Crippen molar-refractivity contribution >= 4 is 17.7 Å². The molecule has 0 spiro atoms. The Morgan fingerprint density at radius 3 is 1.82 bits per heavy atom. The first-order valence-electron chi connectivity index (χ1n) is 14.4. The fourth-order valence-corrected chi connectivity index (χ4v) is 5.13. The van der Waals surface area contributed by atoms with E-state index in [0.29, 0.717) is 77.2 Å². The lowest BCUT2D eigenvalue weighted by Gasteiger charge is -2.15. The molecule has 4 aromatic rings. The lowest BCUT2D eigenvalue weighted by Crippen LogP contribution is -2.27. The van der Waals surface area contributed by atoms with Gasteiger partial charge in [0.25, 0.3) is 0 Å². The molecule has 238 valence electrons. The summed E-state index contributed by atoms with van der Waals surface area (Å²) in [5.74, 6) is 3.65. The fraction of sp³-hybridized carbons (Fsp3) is 0.333. The molecule has 0 saturated heterocycles. The molecule has 11 nitrogen and oxygen atoms in total. The second kappa shape index (κ2) is 16.4. The van der Waals surface area contributed by atoms with E-state index in [9.17, 15) is 4.79 Å². The van der Waals surface area contributed by atoms with Crippen LogP contribution < -0.4 is 33.7 Å². The smallest absolute Gasteiger partial charge is 0.230 e. The molecule has 0 aliphatic heterocycles. The first kappa shape index (κ1) is 33.2. The number of benzene rings is 3. The highest BCUT2D eigenvalue weighted by Gasteiger charge is 2.19. The van der Waals surface area contributed by atoms with Gasteiger partial charge in [-0.3, -0.25) is 4.79 Å². The van der Waals surface area contributed by atoms with Gasteiger partial charge in [0.05, 0.1) is 47.4 Å². The molecule has 0 saturated carbocycles. The number of carbonyl (C=O) groups excluding carboxylic acids is 1. The van der Waals surface area contributed by atoms with Crippen LogP contribution in [0.25, 0.3) is 22.5 Å². The number of hydrogen-bond donors (Lipinski definition) is 1. The van der Waals surface area contributed by atoms with Crippen molar-refractivity contribution in [3.8, 4) is 57.0 Å². The highest BCUT2D eigenvalue weighted by molar-refractivity contribution is 7.99. The van der Waals surface area contributed by atoms with Gasteiger partial charge in [-0.25, -0.2) is 4.98 Å². The Morgan fingerprint density at radius 2 is 1.24 bits per heavy atom. The highest BCUT2D eigenvalue weighted by Crippen LogP contribution is 2.38. The molecule has 4 rings (SSSR count). The SMILES string of the molecule is CCOc1cc(-c2nnc(SCC(=O)NCCc3ccc(OC)c(OC)c3)nc2-c2ccc(OC)c(OCC)c2)ccc1OC. The van der Waals surface area contributed by atoms with Crippen molar-refractivity contribution in [2.75, 3.05) is 54.0 Å². The van der Waals surface area contributed by atoms with E-state index in [1.807, 2.05) is 68.4 Å². The zero-order chi connectivity index (χ0) is 32.2. The van der Waals surface area contributed by atoms with Crippen LogP contribution >= 0.6 is 11.8 Å². The summed E-state index contributed by atoms with van der Waals surface area (Å²) in [6, 6.07) is 16.8. The van der Waals surface area contributed by atoms with E-state index in [4.69, 9.17) is 33.4 Å². The molecular formula is C33H38N4O7S. The monoisotopic (exact) mass is 634 g/mol. The predicted molar refractivity (Wildman–Crippen MR) is 173 cm³/mol. The summed E-state index contributed by atoms with van der Waals surface area (Å²) >= 11 is 1.20. The van der Waals surface area contributed by atoms with E-state index in [0.717, 1.165) is 16.7 Å². The summed E-state index contributed by atoms with van der Waals surface area (Å²) in [6.45, 7) is 5.21. The third-order valence-corrected chi connectivity index (χ3v) is 7.49. The van der Waals surface area contributed by atoms with Gasteiger partial charge in [0.2, 0.25) is 11.1 Å². The van der Waals surface area contributed by atoms with Crippen LogP contribution in [0.5, 0.6) is 34.5 Å². The minimum Gasteiger partial charge on any atom is -0.493 e. The Hall–Kier alpha value is -4.71. The molecule has 3 aromatic carbocycles. The van der Waals surface area contributed by atoms with Crippen molar-refractivity contribution in [1.29, 1.82) is 0 Å². The third kappa shape index (κ3) is 8.48. The standard InChI is InChI=1S/C33H38N4O7S/c1-7-43-28-18-22(10-13-25(28)40-4)31-32(23-11-14-26(41-5)29(19-23)44-8-2)36-37-33(35-31)45-20-30(38)34-16-15-21-9-12-24(39-3)27(17-21)42-6/h9-14,17-19H,7-8,15-16,20H2,1-6H3,(H,34,38). The van der Waals surface area contributed by atoms with E-state index in [1.54, 1.807) is 28.4 Å². The number of carbonyl (C=O) groups is 1. The first-order chi connectivity index (χ1) is 21.9. The minimum atomic E-state index is -0.144. The molecule has 0 aliphatic carbocycles. The first-order valence-corrected chi connectivity index (χ1v) is 15.4. The van der Waals surface area contributed by atoms with Gasteiger partial charge in [0.1, 0.15) is 11.4 Å². The quantitative estimate of drug-likeness (QED) is 0.157. The highest BCUT2D eigenvalue weighted by atomic mass is 32.2. The van der Waals surface area contributed by atoms with Crippen molar-refractivity contribution < 1.29 is 33.2 Å². The van der Waals surface area contributed by atoms with Gasteiger partial charge in [0, 0.05) is 17.7 Å². The van der Waals surface area contributed by atoms with Crippen LogP contribution in [0.4, 0.5) is 0 Å². The third-order valence-electron chi connectivity index (χ3n) is 6.66. The molecule has 0 atom stereocenters. The minimum absolute atomic E-state index is 0.121. The lowest BCUT2D eigenvalue weighted by atomic mass is 10.0. The summed E-state index contributed by atoms with van der Waals surface area (Å²) < 4.78 is 33.2. The van der Waals surface area contributed by atoms with Crippen molar-refractivity contribution in [1.82, 2.24) is 20.5 Å². The molecule has 12 heteroatoms. The van der Waals surface area contributed by atoms with Crippen LogP contribution in [0.3, 0.4) is 0 Å². The number of thioether (sulfide) groups is 1. The van der Waals surface area contributed by atoms with E-state index in [-0.39, 0.29) is 11.7 Å². The molecule has 1 N–H and O–H groups in total. The molecule has 1 amide bonds. The van der Waals surface area contributed by atoms with Gasteiger partial charge in [-0.15, -0.1) is 10.2 Å². The van der Waals surface area contributed by atoms with Gasteiger partial charge in [-0.2, -0.15) is 0 Å². The molecule has 0 radical (unpaired) electrons. The van der Waals surface area contributed by atoms with Gasteiger partial charge in [0.15, 0.2) is 34.5 Å². The topological polar surface area (TPSA) is 123 Å². The van der Waals surface area contributed by atoms with Crippen molar-refractivity contribution in [2.45, 2.75) is 25.4 Å². The molecule has 0 bridgehead atoms. The molecule has 0 fully saturated rings. The summed E-state index contributed by atoms with van der Waals surface area (Å²) in [7, 11) is 6.37. The number of ether oxygens (including phenoxy) is 6. The summed E-state index contributed by atoms with van der Waals surface area (Å²) in [5.41, 5.74) is 3.62. The van der Waals surface area contributed by atoms with E-state index in [1.165, 1.54) is 11.8 Å². The van der Waals surface area contributed by atoms with Gasteiger partial charge >= 0.3 is 0 Å². The van der Waals surface area contributed by atoms with Gasteiger partial charge in [-0.05, 0) is 74.4 Å². The fourth-order valence-electron chi connectivity index (χ4n) is 4.52. The van der Waals surface area contributed by atoms with Crippen LogP contribution in [0, 0.1) is 0 Å². The summed E-state index contributed by atoms with van der Waals surface area (Å²) in [6.07, 6.45) is 0.638. The maximum atomic E-state index is 12.7. The van der Waals surface area contributed by atoms with Gasteiger partial charge < -0.3 is 33.7 Å². The zero-order valence-corrected chi connectivity index (χ0v) is 27.2. The van der Waals surface area contributed by atoms with Crippen molar-refractivity contribution in [2.24, 2.45) is 0 Å². The number of nitrogens with one attached hydrogen (secondary N) is 1. The summed E-state index contributed by atoms with van der Waals surface area (Å²) in [4.78, 5) is 17.6. The second-order valence-corrected chi connectivity index (χ2v) is 10.4. The van der Waals surface area contributed by atoms with Crippen molar-refractivity contribution in [3.05, 3.63) is 60.2 Å². The van der Waals surface area contributed by atoms with E-state index >= 15 is 0 Å². The number of nitrogens with zero attached hydrogens (tertiary/aromatic N) is 3. The molecule has 1 heterocycles. The molecule has 0 aliphatic rings. The number of rotatable bonds is 16. The van der Waals surface area contributed by atoms with Crippen LogP contribution in [0.2, 0.25) is 0 Å². The van der Waals surface area contributed by atoms with E-state index < -0.39 is 0 Å². The number of hydrogen-bond acceptors (Lipinski definition) is 11. The maximum absolute atomic E-state index is 12.7. The molecule has 45 heavy (non-hydrogen) atoms. The molecular weight excluding hydrogens is 596 g/mol. The average Bonchev–Trinajstić information content (AvgIpc) is 3.07. The van der Waals surface area contributed by atoms with Crippen LogP contribution in [0.15, 0.2) is 59.8 Å². The predicted octanol–water partition coefficient (Wildman–Crippen LogP) is 5.49. The summed E-state index contributed by atoms with van der Waals surface area (Å²) in [5, 5.41) is 12.2. The largest absolute Gasteiger partial charge is 0.493 e. The Kier molecular flexibility index (Phi) is 12.1. The van der Waals surface area contributed by atoms with Crippen molar-refractivity contribution in [3.63, 3.8) is 0 Å². The Morgan fingerprint density at radius 1 is 0.689 bits per heavy atom. The zero-order valence-electron chi connectivity index (χ0n) is 26.3. The van der Waals surface area contributed by atoms with E-state index in [2.05, 4.69) is 15.5 Å². The number of amides is 1. The van der Waals surface area contributed by atoms with Crippen LogP contribution in [-0.4, -0.2) is 75.0 Å². The normalized spacial score (nSPS) is 10.6. The Labute approximate surface area is 267 Å². The Balaban J connectivity index is 1.55. The van der Waals surface area contributed by atoms with Crippen LogP contribution in [0.1, 0.15) is 19.4 Å². The number of methoxy groups -OCH3 is 4. The van der Waals surface area contributed by atoms with Gasteiger partial charge in [-0.1, -0.05) is 17.8 Å². The molecule has 1 aromatic heterocycles. The second-order valence-electron chi connectivity index (χ2n) is 9.47. The molecule has 0 unspecified atom stereocenters. The average molecular weight is 635 g/mol. The lowest BCUT2D eigenvalue weighted by molar-refractivity contribution is -0.118. The number of aromatic nitrogens is 3.